The zero-order valence-corrected chi connectivity index (χ0v) is 17.7. The maximum atomic E-state index is 12.9. The molecule has 0 saturated carbocycles. The second kappa shape index (κ2) is 7.69. The smallest absolute Gasteiger partial charge is 0.356 e. The lowest BCUT2D eigenvalue weighted by atomic mass is 9.91. The SMILES string of the molecule is Cn1nc(C2=CCC3(CC2)OCCO3)c(NS(=O)(=O)c2ccc(Cl)cc2)c1C(=O)O. The number of nitrogens with zero attached hydrogens (tertiary/aromatic N) is 2. The van der Waals surface area contributed by atoms with E-state index in [0.29, 0.717) is 37.5 Å². The van der Waals surface area contributed by atoms with Crippen molar-refractivity contribution in [2.45, 2.75) is 29.9 Å². The van der Waals surface area contributed by atoms with Gasteiger partial charge in [-0.15, -0.1) is 0 Å². The highest BCUT2D eigenvalue weighted by atomic mass is 35.5. The van der Waals surface area contributed by atoms with Crippen LogP contribution in [0.15, 0.2) is 35.2 Å². The van der Waals surface area contributed by atoms with E-state index in [1.807, 2.05) is 6.08 Å². The van der Waals surface area contributed by atoms with Crippen molar-refractivity contribution in [2.24, 2.45) is 7.05 Å². The van der Waals surface area contributed by atoms with E-state index in [-0.39, 0.29) is 22.0 Å². The Labute approximate surface area is 178 Å². The van der Waals surface area contributed by atoms with Gasteiger partial charge in [0.2, 0.25) is 0 Å². The molecule has 0 unspecified atom stereocenters. The van der Waals surface area contributed by atoms with Crippen LogP contribution in [0.1, 0.15) is 35.4 Å². The number of carboxylic acid groups (broad SMARTS) is 1. The van der Waals surface area contributed by atoms with Crippen molar-refractivity contribution < 1.29 is 27.8 Å². The van der Waals surface area contributed by atoms with E-state index in [1.165, 1.54) is 31.3 Å². The average molecular weight is 454 g/mol. The number of aromatic carboxylic acids is 1. The van der Waals surface area contributed by atoms with Crippen molar-refractivity contribution in [1.29, 1.82) is 0 Å². The fraction of sp³-hybridized carbons (Fsp3) is 0.368. The molecule has 0 bridgehead atoms. The van der Waals surface area contributed by atoms with Gasteiger partial charge in [-0.3, -0.25) is 9.40 Å². The first-order chi connectivity index (χ1) is 14.2. The van der Waals surface area contributed by atoms with E-state index in [9.17, 15) is 18.3 Å². The molecule has 2 N–H and O–H groups in total. The van der Waals surface area contributed by atoms with Crippen LogP contribution in [0.5, 0.6) is 0 Å². The number of carboxylic acids is 1. The predicted octanol–water partition coefficient (Wildman–Crippen LogP) is 2.88. The van der Waals surface area contributed by atoms with Crippen LogP contribution in [0.25, 0.3) is 5.57 Å². The van der Waals surface area contributed by atoms with Crippen LogP contribution in [0.2, 0.25) is 5.02 Å². The number of carbonyl (C=O) groups is 1. The van der Waals surface area contributed by atoms with E-state index in [1.54, 1.807) is 0 Å². The van der Waals surface area contributed by atoms with Crippen LogP contribution in [0.4, 0.5) is 5.69 Å². The van der Waals surface area contributed by atoms with Crippen molar-refractivity contribution in [3.8, 4) is 0 Å². The number of ether oxygens (including phenoxy) is 2. The molecule has 160 valence electrons. The van der Waals surface area contributed by atoms with Gasteiger partial charge in [-0.25, -0.2) is 13.2 Å². The number of halogens is 1. The van der Waals surface area contributed by atoms with Crippen LogP contribution >= 0.6 is 11.6 Å². The van der Waals surface area contributed by atoms with Gasteiger partial charge in [-0.2, -0.15) is 5.10 Å². The largest absolute Gasteiger partial charge is 0.476 e. The van der Waals surface area contributed by atoms with Gasteiger partial charge in [-0.05, 0) is 36.3 Å². The number of nitrogens with one attached hydrogen (secondary N) is 1. The second-order valence-electron chi connectivity index (χ2n) is 7.10. The molecule has 0 atom stereocenters. The molecule has 2 aromatic rings. The van der Waals surface area contributed by atoms with Gasteiger partial charge >= 0.3 is 5.97 Å². The van der Waals surface area contributed by atoms with E-state index in [4.69, 9.17) is 21.1 Å². The van der Waals surface area contributed by atoms with Crippen LogP contribution in [-0.2, 0) is 26.5 Å². The third kappa shape index (κ3) is 3.83. The Kier molecular flexibility index (Phi) is 5.35. The van der Waals surface area contributed by atoms with Gasteiger partial charge < -0.3 is 14.6 Å². The number of anilines is 1. The summed E-state index contributed by atoms with van der Waals surface area (Å²) in [4.78, 5) is 11.8. The predicted molar refractivity (Wildman–Crippen MR) is 109 cm³/mol. The van der Waals surface area contributed by atoms with Gasteiger partial charge in [0.15, 0.2) is 11.5 Å². The van der Waals surface area contributed by atoms with Crippen LogP contribution in [-0.4, -0.2) is 48.3 Å². The number of hydrogen-bond donors (Lipinski definition) is 2. The zero-order chi connectivity index (χ0) is 21.5. The first-order valence-electron chi connectivity index (χ1n) is 9.27. The molecule has 2 heterocycles. The molecule has 2 aliphatic rings. The lowest BCUT2D eigenvalue weighted by Crippen LogP contribution is -2.31. The minimum absolute atomic E-state index is 0.0395. The maximum Gasteiger partial charge on any atom is 0.356 e. The van der Waals surface area contributed by atoms with Crippen molar-refractivity contribution in [3.05, 3.63) is 46.8 Å². The molecule has 1 aliphatic heterocycles. The molecule has 30 heavy (non-hydrogen) atoms. The molecular weight excluding hydrogens is 434 g/mol. The first kappa shape index (κ1) is 20.9. The molecule has 1 aliphatic carbocycles. The summed E-state index contributed by atoms with van der Waals surface area (Å²) in [5.41, 5.74) is 0.685. The topological polar surface area (TPSA) is 120 Å². The lowest BCUT2D eigenvalue weighted by Gasteiger charge is -2.30. The lowest BCUT2D eigenvalue weighted by molar-refractivity contribution is -0.159. The highest BCUT2D eigenvalue weighted by Crippen LogP contribution is 2.40. The highest BCUT2D eigenvalue weighted by Gasteiger charge is 2.39. The maximum absolute atomic E-state index is 12.9. The van der Waals surface area contributed by atoms with Crippen LogP contribution in [0.3, 0.4) is 0 Å². The number of benzene rings is 1. The fourth-order valence-electron chi connectivity index (χ4n) is 3.68. The van der Waals surface area contributed by atoms with Crippen molar-refractivity contribution in [1.82, 2.24) is 9.78 Å². The Bertz CT molecular complexity index is 1120. The average Bonchev–Trinajstić information content (AvgIpc) is 3.27. The molecule has 0 radical (unpaired) electrons. The monoisotopic (exact) mass is 453 g/mol. The van der Waals surface area contributed by atoms with Gasteiger partial charge in [0.25, 0.3) is 10.0 Å². The molecule has 11 heteroatoms. The molecule has 0 amide bonds. The van der Waals surface area contributed by atoms with Gasteiger partial charge in [0.05, 0.1) is 18.1 Å². The van der Waals surface area contributed by atoms with Crippen LogP contribution < -0.4 is 4.72 Å². The molecule has 4 rings (SSSR count). The molecule has 1 fully saturated rings. The number of allylic oxidation sites excluding steroid dienone is 1. The van der Waals surface area contributed by atoms with E-state index >= 15 is 0 Å². The summed E-state index contributed by atoms with van der Waals surface area (Å²) in [6, 6.07) is 5.59. The van der Waals surface area contributed by atoms with Crippen molar-refractivity contribution in [3.63, 3.8) is 0 Å². The molecule has 1 saturated heterocycles. The number of aryl methyl sites for hydroxylation is 1. The molecule has 1 spiro atoms. The van der Waals surface area contributed by atoms with Crippen molar-refractivity contribution >= 4 is 38.9 Å². The number of sulfonamides is 1. The standard InChI is InChI=1S/C19H20ClN3O6S/c1-23-17(18(24)25)16(22-30(26,27)14-4-2-13(20)3-5-14)15(21-23)12-6-8-19(9-7-12)28-10-11-29-19/h2-6,22H,7-11H2,1H3,(H,24,25). The molecule has 9 nitrogen and oxygen atoms in total. The first-order valence-corrected chi connectivity index (χ1v) is 11.1. The van der Waals surface area contributed by atoms with E-state index in [2.05, 4.69) is 9.82 Å². The summed E-state index contributed by atoms with van der Waals surface area (Å²) in [5, 5.41) is 14.3. The summed E-state index contributed by atoms with van der Waals surface area (Å²) in [5.74, 6) is -1.95. The highest BCUT2D eigenvalue weighted by molar-refractivity contribution is 7.92. The van der Waals surface area contributed by atoms with Crippen LogP contribution in [0, 0.1) is 0 Å². The Morgan fingerprint density at radius 2 is 1.93 bits per heavy atom. The summed E-state index contributed by atoms with van der Waals surface area (Å²) in [6.07, 6.45) is 3.42. The molecule has 1 aromatic heterocycles. The Morgan fingerprint density at radius 1 is 1.27 bits per heavy atom. The third-order valence-electron chi connectivity index (χ3n) is 5.16. The molecular formula is C19H20ClN3O6S. The zero-order valence-electron chi connectivity index (χ0n) is 16.1. The number of rotatable bonds is 5. The summed E-state index contributed by atoms with van der Waals surface area (Å²) in [7, 11) is -2.60. The minimum Gasteiger partial charge on any atom is -0.476 e. The second-order valence-corrected chi connectivity index (χ2v) is 9.22. The minimum atomic E-state index is -4.06. The quantitative estimate of drug-likeness (QED) is 0.714. The third-order valence-corrected chi connectivity index (χ3v) is 6.78. The van der Waals surface area contributed by atoms with E-state index < -0.39 is 21.8 Å². The Balaban J connectivity index is 1.73. The van der Waals surface area contributed by atoms with Gasteiger partial charge in [0, 0.05) is 24.9 Å². The summed E-state index contributed by atoms with van der Waals surface area (Å²) in [6.45, 7) is 1.06. The van der Waals surface area contributed by atoms with Gasteiger partial charge in [0.1, 0.15) is 11.4 Å². The summed E-state index contributed by atoms with van der Waals surface area (Å²) >= 11 is 5.84. The van der Waals surface area contributed by atoms with Gasteiger partial charge in [-0.1, -0.05) is 17.7 Å². The van der Waals surface area contributed by atoms with E-state index in [0.717, 1.165) is 10.3 Å². The Morgan fingerprint density at radius 3 is 2.50 bits per heavy atom. The Hall–Kier alpha value is -2.40. The number of hydrogen-bond acceptors (Lipinski definition) is 6. The van der Waals surface area contributed by atoms with Crippen molar-refractivity contribution in [2.75, 3.05) is 17.9 Å². The fourth-order valence-corrected chi connectivity index (χ4v) is 4.88. The summed E-state index contributed by atoms with van der Waals surface area (Å²) < 4.78 is 40.8. The molecule has 1 aromatic carbocycles. The number of aromatic nitrogens is 2. The normalized spacial score (nSPS) is 18.4.